The summed E-state index contributed by atoms with van der Waals surface area (Å²) in [4.78, 5) is 11.6. The molecule has 8 unspecified atom stereocenters. The Morgan fingerprint density at radius 1 is 1.00 bits per heavy atom. The fourth-order valence-corrected chi connectivity index (χ4v) is 7.39. The molecule has 0 saturated heterocycles. The second-order valence-corrected chi connectivity index (χ2v) is 9.51. The molecule has 3 N–H and O–H groups in total. The van der Waals surface area contributed by atoms with Gasteiger partial charge in [0.15, 0.2) is 5.60 Å². The molecule has 23 heavy (non-hydrogen) atoms. The highest BCUT2D eigenvalue weighted by Gasteiger charge is 2.64. The quantitative estimate of drug-likeness (QED) is 0.694. The van der Waals surface area contributed by atoms with Crippen LogP contribution in [0.2, 0.25) is 0 Å². The van der Waals surface area contributed by atoms with Gasteiger partial charge in [-0.05, 0) is 85.9 Å². The highest BCUT2D eigenvalue weighted by Crippen LogP contribution is 2.68. The van der Waals surface area contributed by atoms with Gasteiger partial charge >= 0.3 is 5.97 Å². The van der Waals surface area contributed by atoms with Gasteiger partial charge < -0.3 is 15.3 Å². The summed E-state index contributed by atoms with van der Waals surface area (Å²) in [6.07, 6.45) is 7.01. The van der Waals surface area contributed by atoms with Crippen molar-refractivity contribution in [3.05, 3.63) is 0 Å². The summed E-state index contributed by atoms with van der Waals surface area (Å²) in [5, 5.41) is 30.5. The van der Waals surface area contributed by atoms with Gasteiger partial charge in [0.25, 0.3) is 0 Å². The molecule has 0 spiro atoms. The van der Waals surface area contributed by atoms with Gasteiger partial charge in [-0.2, -0.15) is 0 Å². The van der Waals surface area contributed by atoms with Crippen molar-refractivity contribution >= 4 is 5.97 Å². The number of aliphatic carboxylic acids is 1. The largest absolute Gasteiger partial charge is 0.479 e. The molecule has 4 heteroatoms. The monoisotopic (exact) mass is 322 g/mol. The number of fused-ring (bicyclic) bond motifs is 5. The highest BCUT2D eigenvalue weighted by atomic mass is 16.4. The maximum Gasteiger partial charge on any atom is 0.335 e. The summed E-state index contributed by atoms with van der Waals surface area (Å²) in [5.74, 6) is 0.982. The summed E-state index contributed by atoms with van der Waals surface area (Å²) < 4.78 is 0. The lowest BCUT2D eigenvalue weighted by molar-refractivity contribution is -0.159. The lowest BCUT2D eigenvalue weighted by Crippen LogP contribution is -2.51. The van der Waals surface area contributed by atoms with Crippen LogP contribution in [0.3, 0.4) is 0 Å². The zero-order chi connectivity index (χ0) is 16.6. The number of carbonyl (C=O) groups is 1. The van der Waals surface area contributed by atoms with Crippen LogP contribution in [-0.2, 0) is 4.79 Å². The first kappa shape index (κ1) is 15.9. The summed E-state index contributed by atoms with van der Waals surface area (Å²) in [7, 11) is 0. The van der Waals surface area contributed by atoms with E-state index in [4.69, 9.17) is 0 Å². The molecule has 4 saturated carbocycles. The first-order valence-electron chi connectivity index (χ1n) is 9.34. The molecule has 0 radical (unpaired) electrons. The van der Waals surface area contributed by atoms with Gasteiger partial charge in [0.1, 0.15) is 0 Å². The van der Waals surface area contributed by atoms with E-state index in [9.17, 15) is 20.1 Å². The van der Waals surface area contributed by atoms with Gasteiger partial charge in [-0.1, -0.05) is 13.8 Å². The third-order valence-corrected chi connectivity index (χ3v) is 8.67. The van der Waals surface area contributed by atoms with Crippen LogP contribution in [-0.4, -0.2) is 33.0 Å². The zero-order valence-corrected chi connectivity index (χ0v) is 14.3. The van der Waals surface area contributed by atoms with E-state index in [0.717, 1.165) is 38.5 Å². The van der Waals surface area contributed by atoms with Crippen LogP contribution in [0.5, 0.6) is 0 Å². The molecule has 0 bridgehead atoms. The maximum absolute atomic E-state index is 11.6. The predicted octanol–water partition coefficient (Wildman–Crippen LogP) is 2.82. The summed E-state index contributed by atoms with van der Waals surface area (Å²) in [5.41, 5.74) is -1.51. The Bertz CT molecular complexity index is 533. The average Bonchev–Trinajstić information content (AvgIpc) is 2.93. The highest BCUT2D eigenvalue weighted by molar-refractivity contribution is 5.77. The Morgan fingerprint density at radius 3 is 2.39 bits per heavy atom. The fourth-order valence-electron chi connectivity index (χ4n) is 7.39. The average molecular weight is 322 g/mol. The van der Waals surface area contributed by atoms with E-state index < -0.39 is 11.6 Å². The summed E-state index contributed by atoms with van der Waals surface area (Å²) >= 11 is 0. The lowest BCUT2D eigenvalue weighted by Gasteiger charge is -2.57. The number of carboxylic acids is 1. The van der Waals surface area contributed by atoms with Gasteiger partial charge in [-0.25, -0.2) is 4.79 Å². The second kappa shape index (κ2) is 4.72. The Balaban J connectivity index is 1.65. The zero-order valence-electron chi connectivity index (χ0n) is 14.3. The van der Waals surface area contributed by atoms with Crippen LogP contribution in [0.4, 0.5) is 0 Å². The van der Waals surface area contributed by atoms with Crippen molar-refractivity contribution < 1.29 is 20.1 Å². The molecule has 4 aliphatic carbocycles. The Morgan fingerprint density at radius 2 is 1.70 bits per heavy atom. The van der Waals surface area contributed by atoms with E-state index in [1.165, 1.54) is 0 Å². The molecule has 0 aromatic rings. The second-order valence-electron chi connectivity index (χ2n) is 9.51. The summed E-state index contributed by atoms with van der Waals surface area (Å²) in [6, 6.07) is 0. The van der Waals surface area contributed by atoms with Gasteiger partial charge in [-0.15, -0.1) is 0 Å². The molecule has 4 rings (SSSR count). The van der Waals surface area contributed by atoms with E-state index in [1.807, 2.05) is 0 Å². The van der Waals surface area contributed by atoms with Crippen LogP contribution in [0.15, 0.2) is 0 Å². The molecule has 0 amide bonds. The third kappa shape index (κ3) is 1.94. The topological polar surface area (TPSA) is 77.8 Å². The molecule has 0 aromatic heterocycles. The number of rotatable bonds is 1. The SMILES string of the molecule is CC12CCC3C(CCC4CC(O)(C(=O)O)CC43C)C1CCC2O. The normalized spacial score (nSPS) is 58.3. The predicted molar refractivity (Wildman–Crippen MR) is 85.7 cm³/mol. The minimum atomic E-state index is -1.52. The van der Waals surface area contributed by atoms with Crippen molar-refractivity contribution in [3.8, 4) is 0 Å². The van der Waals surface area contributed by atoms with Crippen LogP contribution in [0.1, 0.15) is 65.2 Å². The van der Waals surface area contributed by atoms with Crippen LogP contribution in [0, 0.1) is 34.5 Å². The lowest BCUT2D eigenvalue weighted by atomic mass is 9.48. The number of hydrogen-bond acceptors (Lipinski definition) is 3. The summed E-state index contributed by atoms with van der Waals surface area (Å²) in [6.45, 7) is 4.51. The number of aliphatic hydroxyl groups is 2. The van der Waals surface area contributed by atoms with Crippen molar-refractivity contribution in [1.29, 1.82) is 0 Å². The first-order chi connectivity index (χ1) is 10.7. The number of aliphatic hydroxyl groups excluding tert-OH is 1. The fraction of sp³-hybridized carbons (Fsp3) is 0.947. The minimum absolute atomic E-state index is 0.0507. The van der Waals surface area contributed by atoms with Crippen LogP contribution >= 0.6 is 0 Å². The van der Waals surface area contributed by atoms with Crippen molar-refractivity contribution in [2.45, 2.75) is 76.9 Å². The van der Waals surface area contributed by atoms with E-state index in [2.05, 4.69) is 13.8 Å². The molecule has 0 heterocycles. The number of hydrogen-bond donors (Lipinski definition) is 3. The van der Waals surface area contributed by atoms with Crippen LogP contribution < -0.4 is 0 Å². The van der Waals surface area contributed by atoms with Crippen molar-refractivity contribution in [1.82, 2.24) is 0 Å². The van der Waals surface area contributed by atoms with Crippen molar-refractivity contribution in [3.63, 3.8) is 0 Å². The molecule has 130 valence electrons. The molecular weight excluding hydrogens is 292 g/mol. The van der Waals surface area contributed by atoms with E-state index >= 15 is 0 Å². The molecule has 8 atom stereocenters. The molecule has 4 nitrogen and oxygen atoms in total. The van der Waals surface area contributed by atoms with Crippen molar-refractivity contribution in [2.75, 3.05) is 0 Å². The van der Waals surface area contributed by atoms with E-state index in [1.54, 1.807) is 0 Å². The molecule has 4 aliphatic rings. The maximum atomic E-state index is 11.6. The molecule has 0 aliphatic heterocycles. The Hall–Kier alpha value is -0.610. The van der Waals surface area contributed by atoms with Crippen molar-refractivity contribution in [2.24, 2.45) is 34.5 Å². The van der Waals surface area contributed by atoms with Gasteiger partial charge in [0.2, 0.25) is 0 Å². The smallest absolute Gasteiger partial charge is 0.335 e. The van der Waals surface area contributed by atoms with Gasteiger partial charge in [-0.3, -0.25) is 0 Å². The molecular formula is C19H30O4. The Labute approximate surface area is 138 Å². The first-order valence-corrected chi connectivity index (χ1v) is 9.34. The standard InChI is InChI=1S/C19H30O4/c1-17-8-7-14-12(13(17)5-6-15(17)20)4-3-11-9-19(23,16(21)22)10-18(11,14)2/h11-15,20,23H,3-10H2,1-2H3,(H,21,22). The molecule has 4 fully saturated rings. The van der Waals surface area contributed by atoms with Gasteiger partial charge in [0.05, 0.1) is 6.10 Å². The third-order valence-electron chi connectivity index (χ3n) is 8.67. The minimum Gasteiger partial charge on any atom is -0.479 e. The number of carboxylic acid groups (broad SMARTS) is 1. The Kier molecular flexibility index (Phi) is 3.26. The van der Waals surface area contributed by atoms with E-state index in [0.29, 0.717) is 36.5 Å². The van der Waals surface area contributed by atoms with Gasteiger partial charge in [0, 0.05) is 0 Å². The van der Waals surface area contributed by atoms with Crippen LogP contribution in [0.25, 0.3) is 0 Å². The molecule has 0 aromatic carbocycles. The van der Waals surface area contributed by atoms with E-state index in [-0.39, 0.29) is 16.9 Å².